The lowest BCUT2D eigenvalue weighted by Crippen LogP contribution is -2.46. The molecule has 9 rings (SSSR count). The second-order valence-electron chi connectivity index (χ2n) is 12.9. The summed E-state index contributed by atoms with van der Waals surface area (Å²) in [7, 11) is 0. The fourth-order valence-electron chi connectivity index (χ4n) is 7.72. The molecule has 6 aromatic carbocycles. The van der Waals surface area contributed by atoms with E-state index in [0.29, 0.717) is 0 Å². The second-order valence-corrected chi connectivity index (χ2v) is 12.9. The highest BCUT2D eigenvalue weighted by atomic mass is 15.4. The average Bonchev–Trinajstić information content (AvgIpc) is 3.57. The topological polar surface area (TPSA) is 41.4 Å². The van der Waals surface area contributed by atoms with Gasteiger partial charge in [-0.3, -0.25) is 5.32 Å². The van der Waals surface area contributed by atoms with Crippen LogP contribution in [0.15, 0.2) is 151 Å². The van der Waals surface area contributed by atoms with Gasteiger partial charge in [-0.1, -0.05) is 147 Å². The maximum absolute atomic E-state index is 5.43. The largest absolute Gasteiger partial charge is 0.350 e. The van der Waals surface area contributed by atoms with Crippen molar-refractivity contribution in [2.24, 2.45) is 4.99 Å². The van der Waals surface area contributed by atoms with Crippen molar-refractivity contribution in [1.82, 2.24) is 15.2 Å². The molecule has 4 nitrogen and oxygen atoms in total. The first-order valence-corrected chi connectivity index (χ1v) is 16.1. The lowest BCUT2D eigenvalue weighted by Gasteiger charge is -2.34. The van der Waals surface area contributed by atoms with Gasteiger partial charge in [0.25, 0.3) is 0 Å². The number of rotatable bonds is 4. The molecule has 2 N–H and O–H groups in total. The number of aromatic nitrogens is 1. The van der Waals surface area contributed by atoms with Crippen LogP contribution in [0.25, 0.3) is 44.1 Å². The first kappa shape index (κ1) is 26.9. The third kappa shape index (κ3) is 4.07. The number of amidine groups is 1. The molecule has 0 spiro atoms. The zero-order valence-corrected chi connectivity index (χ0v) is 25.9. The third-order valence-electron chi connectivity index (χ3n) is 9.86. The Morgan fingerprint density at radius 2 is 1.30 bits per heavy atom. The van der Waals surface area contributed by atoms with Crippen molar-refractivity contribution in [3.63, 3.8) is 0 Å². The molecule has 0 saturated heterocycles. The summed E-state index contributed by atoms with van der Waals surface area (Å²) in [5, 5.41) is 10.2. The standard InChI is InChI=1S/C42H34N4/c1-42(2)35-22-11-9-20-31(35)33-24-25-34-32-21-10-12-23-36(32)46(38(34)37(33)42)41-44-39(28-16-7-4-8-17-28)43-40(45-41)30-19-13-18-29(26-30)27-14-5-3-6-15-27/h3-26,40-41,45H,1-2H3,(H,43,44). The smallest absolute Gasteiger partial charge is 0.184 e. The average molecular weight is 595 g/mol. The van der Waals surface area contributed by atoms with Crippen molar-refractivity contribution in [3.8, 4) is 22.3 Å². The van der Waals surface area contributed by atoms with Crippen LogP contribution in [-0.4, -0.2) is 10.4 Å². The quantitative estimate of drug-likeness (QED) is 0.213. The molecule has 1 aliphatic heterocycles. The van der Waals surface area contributed by atoms with Crippen LogP contribution in [0.1, 0.15) is 48.6 Å². The SMILES string of the molecule is CC1(C)c2ccccc2-c2ccc3c4ccccc4n(C4N=C(c5ccccc5)NC(c5cccc(-c6ccccc6)c5)N4)c3c21. The van der Waals surface area contributed by atoms with Crippen LogP contribution in [0.5, 0.6) is 0 Å². The number of hydrogen-bond acceptors (Lipinski definition) is 3. The summed E-state index contributed by atoms with van der Waals surface area (Å²) in [6, 6.07) is 52.2. The predicted molar refractivity (Wildman–Crippen MR) is 190 cm³/mol. The van der Waals surface area contributed by atoms with Gasteiger partial charge in [0.1, 0.15) is 12.0 Å². The summed E-state index contributed by atoms with van der Waals surface area (Å²) in [6.45, 7) is 4.73. The highest BCUT2D eigenvalue weighted by Gasteiger charge is 2.39. The van der Waals surface area contributed by atoms with E-state index in [0.717, 1.165) is 17.0 Å². The van der Waals surface area contributed by atoms with Crippen LogP contribution < -0.4 is 10.6 Å². The van der Waals surface area contributed by atoms with Gasteiger partial charge in [0.15, 0.2) is 6.29 Å². The Hall–Kier alpha value is -5.45. The Balaban J connectivity index is 1.28. The van der Waals surface area contributed by atoms with Gasteiger partial charge in [0.05, 0.1) is 11.0 Å². The van der Waals surface area contributed by atoms with E-state index in [4.69, 9.17) is 4.99 Å². The molecule has 0 radical (unpaired) electrons. The highest BCUT2D eigenvalue weighted by molar-refractivity contribution is 6.12. The molecule has 222 valence electrons. The molecule has 46 heavy (non-hydrogen) atoms. The Labute approximate surface area is 269 Å². The lowest BCUT2D eigenvalue weighted by atomic mass is 9.81. The second kappa shape index (κ2) is 10.3. The van der Waals surface area contributed by atoms with Gasteiger partial charge in [-0.05, 0) is 51.1 Å². The molecule has 2 heterocycles. The number of aliphatic imine (C=N–C) groups is 1. The van der Waals surface area contributed by atoms with E-state index in [1.165, 1.54) is 55.2 Å². The predicted octanol–water partition coefficient (Wildman–Crippen LogP) is 9.56. The lowest BCUT2D eigenvalue weighted by molar-refractivity contribution is 0.341. The monoisotopic (exact) mass is 594 g/mol. The molecule has 0 bridgehead atoms. The van der Waals surface area contributed by atoms with Crippen LogP contribution in [0, 0.1) is 0 Å². The van der Waals surface area contributed by atoms with Crippen molar-refractivity contribution >= 4 is 27.6 Å². The molecule has 1 aromatic heterocycles. The van der Waals surface area contributed by atoms with Gasteiger partial charge < -0.3 is 9.88 Å². The van der Waals surface area contributed by atoms with Crippen LogP contribution in [0.2, 0.25) is 0 Å². The number of nitrogens with zero attached hydrogens (tertiary/aromatic N) is 2. The van der Waals surface area contributed by atoms with E-state index in [-0.39, 0.29) is 17.9 Å². The van der Waals surface area contributed by atoms with Crippen molar-refractivity contribution in [2.45, 2.75) is 31.7 Å². The van der Waals surface area contributed by atoms with Crippen LogP contribution in [0.3, 0.4) is 0 Å². The van der Waals surface area contributed by atoms with E-state index in [2.05, 4.69) is 175 Å². The molecule has 4 heteroatoms. The van der Waals surface area contributed by atoms with Crippen LogP contribution in [-0.2, 0) is 5.41 Å². The van der Waals surface area contributed by atoms with E-state index < -0.39 is 0 Å². The first-order valence-electron chi connectivity index (χ1n) is 16.1. The molecule has 2 unspecified atom stereocenters. The van der Waals surface area contributed by atoms with E-state index >= 15 is 0 Å². The van der Waals surface area contributed by atoms with Gasteiger partial charge in [-0.25, -0.2) is 4.99 Å². The van der Waals surface area contributed by atoms with Crippen molar-refractivity contribution in [3.05, 3.63) is 168 Å². The highest BCUT2D eigenvalue weighted by Crippen LogP contribution is 2.53. The summed E-state index contributed by atoms with van der Waals surface area (Å²) in [4.78, 5) is 5.43. The van der Waals surface area contributed by atoms with Gasteiger partial charge in [0.2, 0.25) is 0 Å². The first-order chi connectivity index (χ1) is 22.6. The summed E-state index contributed by atoms with van der Waals surface area (Å²) < 4.78 is 2.45. The Kier molecular flexibility index (Phi) is 6.02. The Morgan fingerprint density at radius 1 is 0.609 bits per heavy atom. The molecule has 0 fully saturated rings. The fraction of sp³-hybridized carbons (Fsp3) is 0.119. The summed E-state index contributed by atoms with van der Waals surface area (Å²) in [5.41, 5.74) is 12.2. The van der Waals surface area contributed by atoms with Crippen molar-refractivity contribution in [1.29, 1.82) is 0 Å². The summed E-state index contributed by atoms with van der Waals surface area (Å²) in [6.07, 6.45) is -0.519. The number of fused-ring (bicyclic) bond motifs is 7. The molecule has 2 atom stereocenters. The summed E-state index contributed by atoms with van der Waals surface area (Å²) in [5.74, 6) is 0.875. The van der Waals surface area contributed by atoms with Gasteiger partial charge in [-0.2, -0.15) is 0 Å². The minimum absolute atomic E-state index is 0.167. The van der Waals surface area contributed by atoms with Gasteiger partial charge in [-0.15, -0.1) is 0 Å². The minimum atomic E-state index is -0.352. The molecule has 0 saturated carbocycles. The van der Waals surface area contributed by atoms with Gasteiger partial charge in [0, 0.05) is 21.8 Å². The molecular formula is C42H34N4. The number of benzene rings is 6. The molecule has 2 aliphatic rings. The Morgan fingerprint density at radius 3 is 2.13 bits per heavy atom. The van der Waals surface area contributed by atoms with E-state index in [9.17, 15) is 0 Å². The number of nitrogens with one attached hydrogen (secondary N) is 2. The van der Waals surface area contributed by atoms with Crippen molar-refractivity contribution in [2.75, 3.05) is 0 Å². The maximum Gasteiger partial charge on any atom is 0.184 e. The minimum Gasteiger partial charge on any atom is -0.350 e. The van der Waals surface area contributed by atoms with Crippen LogP contribution in [0.4, 0.5) is 0 Å². The molecular weight excluding hydrogens is 560 g/mol. The molecule has 0 amide bonds. The molecule has 7 aromatic rings. The molecule has 1 aliphatic carbocycles. The summed E-state index contributed by atoms with van der Waals surface area (Å²) >= 11 is 0. The van der Waals surface area contributed by atoms with Crippen LogP contribution >= 0.6 is 0 Å². The van der Waals surface area contributed by atoms with E-state index in [1.54, 1.807) is 0 Å². The van der Waals surface area contributed by atoms with Crippen molar-refractivity contribution < 1.29 is 0 Å². The zero-order valence-electron chi connectivity index (χ0n) is 25.9. The fourth-order valence-corrected chi connectivity index (χ4v) is 7.72. The normalized spacial score (nSPS) is 18.2. The number of hydrogen-bond donors (Lipinski definition) is 2. The maximum atomic E-state index is 5.43. The third-order valence-corrected chi connectivity index (χ3v) is 9.86. The van der Waals surface area contributed by atoms with E-state index in [1.807, 2.05) is 0 Å². The Bertz CT molecular complexity index is 2300. The van der Waals surface area contributed by atoms with Gasteiger partial charge >= 0.3 is 0 Å². The number of para-hydroxylation sites is 1. The zero-order chi connectivity index (χ0) is 30.8.